The first-order valence-corrected chi connectivity index (χ1v) is 9.92. The van der Waals surface area contributed by atoms with Gasteiger partial charge in [0.05, 0.1) is 12.2 Å². The van der Waals surface area contributed by atoms with E-state index >= 15 is 0 Å². The SMILES string of the molecule is CC(O)[C@H]1CC[C@H]2[C@@H]3CC=C4CC(O)CC[C@]4(C)[C@H]3CC[C@]12C. The van der Waals surface area contributed by atoms with E-state index < -0.39 is 0 Å². The molecule has 2 unspecified atom stereocenters. The second-order valence-corrected chi connectivity index (χ2v) is 9.62. The molecule has 0 aromatic heterocycles. The van der Waals surface area contributed by atoms with E-state index in [9.17, 15) is 10.2 Å². The Kier molecular flexibility index (Phi) is 3.74. The fraction of sp³-hybridized carbons (Fsp3) is 0.905. The zero-order chi connectivity index (χ0) is 16.4. The average Bonchev–Trinajstić information content (AvgIpc) is 2.85. The minimum atomic E-state index is -0.156. The van der Waals surface area contributed by atoms with Crippen molar-refractivity contribution < 1.29 is 10.2 Å². The van der Waals surface area contributed by atoms with E-state index in [-0.39, 0.29) is 12.2 Å². The lowest BCUT2D eigenvalue weighted by Gasteiger charge is -2.58. The molecule has 0 saturated heterocycles. The third-order valence-corrected chi connectivity index (χ3v) is 8.73. The van der Waals surface area contributed by atoms with E-state index in [2.05, 4.69) is 19.9 Å². The highest BCUT2D eigenvalue weighted by Crippen LogP contribution is 2.66. The summed E-state index contributed by atoms with van der Waals surface area (Å²) in [5.74, 6) is 2.91. The van der Waals surface area contributed by atoms with Gasteiger partial charge < -0.3 is 10.2 Å². The van der Waals surface area contributed by atoms with Crippen LogP contribution < -0.4 is 0 Å². The molecule has 130 valence electrons. The zero-order valence-corrected chi connectivity index (χ0v) is 15.1. The van der Waals surface area contributed by atoms with Crippen molar-refractivity contribution in [1.82, 2.24) is 0 Å². The molecule has 0 amide bonds. The van der Waals surface area contributed by atoms with Crippen LogP contribution in [-0.2, 0) is 0 Å². The molecule has 0 spiro atoms. The van der Waals surface area contributed by atoms with Crippen LogP contribution in [0.25, 0.3) is 0 Å². The summed E-state index contributed by atoms with van der Waals surface area (Å²) in [6.07, 6.45) is 11.7. The third-order valence-electron chi connectivity index (χ3n) is 8.73. The maximum absolute atomic E-state index is 10.3. The van der Waals surface area contributed by atoms with Crippen LogP contribution in [0, 0.1) is 34.5 Å². The number of hydrogen-bond donors (Lipinski definition) is 2. The number of hydrogen-bond acceptors (Lipinski definition) is 2. The van der Waals surface area contributed by atoms with Crippen molar-refractivity contribution >= 4 is 0 Å². The maximum Gasteiger partial charge on any atom is 0.0577 e. The van der Waals surface area contributed by atoms with Gasteiger partial charge in [-0.3, -0.25) is 0 Å². The molecule has 0 aromatic carbocycles. The Hall–Kier alpha value is -0.340. The Balaban J connectivity index is 1.65. The van der Waals surface area contributed by atoms with Gasteiger partial charge in [-0.05, 0) is 92.8 Å². The zero-order valence-electron chi connectivity index (χ0n) is 15.1. The first-order valence-electron chi connectivity index (χ1n) is 9.92. The summed E-state index contributed by atoms with van der Waals surface area (Å²) < 4.78 is 0. The van der Waals surface area contributed by atoms with Crippen molar-refractivity contribution in [2.75, 3.05) is 0 Å². The predicted molar refractivity (Wildman–Crippen MR) is 92.9 cm³/mol. The lowest BCUT2D eigenvalue weighted by atomic mass is 9.47. The molecule has 2 heteroatoms. The molecule has 0 aromatic rings. The molecule has 0 radical (unpaired) electrons. The molecule has 0 bridgehead atoms. The Morgan fingerprint density at radius 2 is 1.87 bits per heavy atom. The van der Waals surface area contributed by atoms with Crippen LogP contribution in [0.5, 0.6) is 0 Å². The van der Waals surface area contributed by atoms with E-state index in [0.29, 0.717) is 16.7 Å². The minimum absolute atomic E-state index is 0.106. The van der Waals surface area contributed by atoms with Gasteiger partial charge in [0, 0.05) is 0 Å². The highest BCUT2D eigenvalue weighted by molar-refractivity contribution is 5.25. The second kappa shape index (κ2) is 5.33. The van der Waals surface area contributed by atoms with Crippen LogP contribution in [0.3, 0.4) is 0 Å². The average molecular weight is 319 g/mol. The van der Waals surface area contributed by atoms with E-state index in [1.807, 2.05) is 6.92 Å². The second-order valence-electron chi connectivity index (χ2n) is 9.62. The fourth-order valence-corrected chi connectivity index (χ4v) is 7.47. The molecule has 23 heavy (non-hydrogen) atoms. The molecule has 4 aliphatic rings. The summed E-state index contributed by atoms with van der Waals surface area (Å²) in [6.45, 7) is 6.98. The smallest absolute Gasteiger partial charge is 0.0577 e. The maximum atomic E-state index is 10.3. The quantitative estimate of drug-likeness (QED) is 0.707. The fourth-order valence-electron chi connectivity index (χ4n) is 7.47. The van der Waals surface area contributed by atoms with Gasteiger partial charge in [0.2, 0.25) is 0 Å². The standard InChI is InChI=1S/C21H34O2/c1-13(22)17-6-7-18-16-5-4-14-12-15(23)8-10-20(14,2)19(16)9-11-21(17,18)3/h4,13,15-19,22-23H,5-12H2,1-3H3/t13?,15?,16-,17+,18-,19-,20-,21+/m0/s1. The number of allylic oxidation sites excluding steroid dienone is 1. The summed E-state index contributed by atoms with van der Waals surface area (Å²) in [4.78, 5) is 0. The molecule has 8 atom stereocenters. The minimum Gasteiger partial charge on any atom is -0.393 e. The van der Waals surface area contributed by atoms with Gasteiger partial charge in [-0.15, -0.1) is 0 Å². The van der Waals surface area contributed by atoms with Crippen LogP contribution in [0.2, 0.25) is 0 Å². The third kappa shape index (κ3) is 2.20. The van der Waals surface area contributed by atoms with Gasteiger partial charge in [-0.25, -0.2) is 0 Å². The summed E-state index contributed by atoms with van der Waals surface area (Å²) >= 11 is 0. The van der Waals surface area contributed by atoms with Gasteiger partial charge in [-0.1, -0.05) is 25.5 Å². The van der Waals surface area contributed by atoms with Crippen molar-refractivity contribution in [1.29, 1.82) is 0 Å². The van der Waals surface area contributed by atoms with Crippen molar-refractivity contribution in [3.63, 3.8) is 0 Å². The number of aliphatic hydroxyl groups is 2. The van der Waals surface area contributed by atoms with Crippen molar-refractivity contribution in [3.8, 4) is 0 Å². The molecule has 0 heterocycles. The Morgan fingerprint density at radius 1 is 1.09 bits per heavy atom. The van der Waals surface area contributed by atoms with Crippen LogP contribution in [-0.4, -0.2) is 22.4 Å². The first-order chi connectivity index (χ1) is 10.9. The van der Waals surface area contributed by atoms with E-state index in [1.54, 1.807) is 5.57 Å². The summed E-state index contributed by atoms with van der Waals surface area (Å²) in [5, 5.41) is 20.4. The van der Waals surface area contributed by atoms with Gasteiger partial charge in [0.1, 0.15) is 0 Å². The molecule has 4 rings (SSSR count). The largest absolute Gasteiger partial charge is 0.393 e. The van der Waals surface area contributed by atoms with Gasteiger partial charge >= 0.3 is 0 Å². The van der Waals surface area contributed by atoms with E-state index in [0.717, 1.165) is 30.6 Å². The van der Waals surface area contributed by atoms with Gasteiger partial charge in [-0.2, -0.15) is 0 Å². The highest BCUT2D eigenvalue weighted by atomic mass is 16.3. The molecule has 3 fully saturated rings. The Bertz CT molecular complexity index is 510. The van der Waals surface area contributed by atoms with Crippen LogP contribution in [0.4, 0.5) is 0 Å². The Labute approximate surface area is 141 Å². The lowest BCUT2D eigenvalue weighted by molar-refractivity contribution is -0.0675. The topological polar surface area (TPSA) is 40.5 Å². The molecular formula is C21H34O2. The first kappa shape index (κ1) is 16.1. The van der Waals surface area contributed by atoms with Gasteiger partial charge in [0.25, 0.3) is 0 Å². The number of rotatable bonds is 1. The summed E-state index contributed by atoms with van der Waals surface area (Å²) in [5.41, 5.74) is 2.25. The predicted octanol–water partition coefficient (Wildman–Crippen LogP) is 4.31. The molecule has 4 aliphatic carbocycles. The monoisotopic (exact) mass is 318 g/mol. The summed E-state index contributed by atoms with van der Waals surface area (Å²) in [7, 11) is 0. The molecule has 3 saturated carbocycles. The van der Waals surface area contributed by atoms with Crippen molar-refractivity contribution in [2.24, 2.45) is 34.5 Å². The van der Waals surface area contributed by atoms with Crippen LogP contribution in [0.15, 0.2) is 11.6 Å². The van der Waals surface area contributed by atoms with E-state index in [4.69, 9.17) is 0 Å². The number of aliphatic hydroxyl groups excluding tert-OH is 2. The van der Waals surface area contributed by atoms with Gasteiger partial charge in [0.15, 0.2) is 0 Å². The molecule has 2 N–H and O–H groups in total. The molecular weight excluding hydrogens is 284 g/mol. The van der Waals surface area contributed by atoms with E-state index in [1.165, 1.54) is 38.5 Å². The molecule has 2 nitrogen and oxygen atoms in total. The Morgan fingerprint density at radius 3 is 2.61 bits per heavy atom. The lowest BCUT2D eigenvalue weighted by Crippen LogP contribution is -2.51. The van der Waals surface area contributed by atoms with Crippen molar-refractivity contribution in [2.45, 2.75) is 84.3 Å². The summed E-state index contributed by atoms with van der Waals surface area (Å²) in [6, 6.07) is 0. The van der Waals surface area contributed by atoms with Crippen LogP contribution in [0.1, 0.15) is 72.1 Å². The number of fused-ring (bicyclic) bond motifs is 5. The highest BCUT2D eigenvalue weighted by Gasteiger charge is 2.59. The molecule has 0 aliphatic heterocycles. The van der Waals surface area contributed by atoms with Crippen LogP contribution >= 0.6 is 0 Å². The van der Waals surface area contributed by atoms with Crippen molar-refractivity contribution in [3.05, 3.63) is 11.6 Å². The normalized spacial score (nSPS) is 53.8.